The van der Waals surface area contributed by atoms with Crippen LogP contribution in [0.1, 0.15) is 76.7 Å². The number of hydrogen-bond donors (Lipinski definition) is 1. The minimum Gasteiger partial charge on any atom is -0.493 e. The minimum absolute atomic E-state index is 0.119. The highest BCUT2D eigenvalue weighted by molar-refractivity contribution is 7.85. The van der Waals surface area contributed by atoms with E-state index in [0.29, 0.717) is 12.4 Å². The lowest BCUT2D eigenvalue weighted by molar-refractivity contribution is 0.301. The van der Waals surface area contributed by atoms with E-state index in [1.807, 2.05) is 6.92 Å². The van der Waals surface area contributed by atoms with Crippen LogP contribution in [0, 0.1) is 6.92 Å². The fraction of sp³-hybridized carbons (Fsp3) is 0.684. The van der Waals surface area contributed by atoms with Crippen LogP contribution >= 0.6 is 0 Å². The molecule has 1 N–H and O–H groups in total. The number of unbranched alkanes of at least 4 members (excludes halogenated alkanes) is 9. The predicted octanol–water partition coefficient (Wildman–Crippen LogP) is 5.54. The summed E-state index contributed by atoms with van der Waals surface area (Å²) < 4.78 is 37.1. The first-order valence-corrected chi connectivity index (χ1v) is 10.6. The van der Waals surface area contributed by atoms with Gasteiger partial charge in [0.05, 0.1) is 11.5 Å². The Morgan fingerprint density at radius 2 is 1.46 bits per heavy atom. The SMILES string of the molecule is CCCCCCCCCCCCOc1cc(S(=O)(=O)O)ccc1C. The Labute approximate surface area is 147 Å². The second-order valence-corrected chi connectivity index (χ2v) is 7.85. The van der Waals surface area contributed by atoms with Gasteiger partial charge in [0.1, 0.15) is 5.75 Å². The third-order valence-corrected chi connectivity index (χ3v) is 5.06. The second-order valence-electron chi connectivity index (χ2n) is 6.43. The van der Waals surface area contributed by atoms with Gasteiger partial charge in [-0.25, -0.2) is 0 Å². The highest BCUT2D eigenvalue weighted by Crippen LogP contribution is 2.22. The van der Waals surface area contributed by atoms with Crippen molar-refractivity contribution in [1.29, 1.82) is 0 Å². The predicted molar refractivity (Wildman–Crippen MR) is 98.3 cm³/mol. The maximum atomic E-state index is 11.2. The van der Waals surface area contributed by atoms with Crippen LogP contribution in [0.25, 0.3) is 0 Å². The zero-order valence-corrected chi connectivity index (χ0v) is 15.9. The van der Waals surface area contributed by atoms with Crippen LogP contribution in [-0.4, -0.2) is 19.6 Å². The molecular weight excluding hydrogens is 324 g/mol. The summed E-state index contributed by atoms with van der Waals surface area (Å²) >= 11 is 0. The van der Waals surface area contributed by atoms with Crippen LogP contribution in [0.4, 0.5) is 0 Å². The molecule has 0 aromatic heterocycles. The van der Waals surface area contributed by atoms with Gasteiger partial charge >= 0.3 is 0 Å². The van der Waals surface area contributed by atoms with Crippen molar-refractivity contribution in [3.05, 3.63) is 23.8 Å². The van der Waals surface area contributed by atoms with Crippen LogP contribution in [0.15, 0.2) is 23.1 Å². The van der Waals surface area contributed by atoms with Crippen molar-refractivity contribution >= 4 is 10.1 Å². The molecule has 138 valence electrons. The first kappa shape index (κ1) is 21.0. The van der Waals surface area contributed by atoms with Crippen molar-refractivity contribution in [2.75, 3.05) is 6.61 Å². The molecule has 0 aliphatic rings. The maximum Gasteiger partial charge on any atom is 0.294 e. The molecule has 0 aliphatic heterocycles. The van der Waals surface area contributed by atoms with Crippen molar-refractivity contribution in [1.82, 2.24) is 0 Å². The third kappa shape index (κ3) is 8.69. The Morgan fingerprint density at radius 3 is 2.00 bits per heavy atom. The summed E-state index contributed by atoms with van der Waals surface area (Å²) in [5, 5.41) is 0. The van der Waals surface area contributed by atoms with Gasteiger partial charge in [0.2, 0.25) is 0 Å². The quantitative estimate of drug-likeness (QED) is 0.372. The molecule has 0 heterocycles. The van der Waals surface area contributed by atoms with Crippen molar-refractivity contribution in [2.45, 2.75) is 83.0 Å². The van der Waals surface area contributed by atoms with Gasteiger partial charge in [0.25, 0.3) is 10.1 Å². The molecule has 0 spiro atoms. The molecule has 24 heavy (non-hydrogen) atoms. The molecule has 1 rings (SSSR count). The van der Waals surface area contributed by atoms with E-state index in [1.165, 1.54) is 63.5 Å². The molecular formula is C19H32O4S. The van der Waals surface area contributed by atoms with Crippen LogP contribution < -0.4 is 4.74 Å². The van der Waals surface area contributed by atoms with Gasteiger partial charge in [-0.05, 0) is 25.0 Å². The summed E-state index contributed by atoms with van der Waals surface area (Å²) in [6, 6.07) is 4.43. The highest BCUT2D eigenvalue weighted by Gasteiger charge is 2.11. The van der Waals surface area contributed by atoms with Crippen LogP contribution in [0.5, 0.6) is 5.75 Å². The fourth-order valence-corrected chi connectivity index (χ4v) is 3.16. The van der Waals surface area contributed by atoms with Gasteiger partial charge in [-0.2, -0.15) is 8.42 Å². The van der Waals surface area contributed by atoms with Crippen molar-refractivity contribution in [3.63, 3.8) is 0 Å². The normalized spacial score (nSPS) is 11.6. The molecule has 0 fully saturated rings. The summed E-state index contributed by atoms with van der Waals surface area (Å²) in [7, 11) is -4.18. The zero-order valence-electron chi connectivity index (χ0n) is 15.1. The van der Waals surface area contributed by atoms with Crippen LogP contribution in [-0.2, 0) is 10.1 Å². The molecule has 0 saturated carbocycles. The van der Waals surface area contributed by atoms with Gasteiger partial charge in [-0.3, -0.25) is 4.55 Å². The topological polar surface area (TPSA) is 63.6 Å². The Hall–Kier alpha value is -1.07. The lowest BCUT2D eigenvalue weighted by Gasteiger charge is -2.10. The molecule has 1 aromatic carbocycles. The van der Waals surface area contributed by atoms with Crippen molar-refractivity contribution in [2.24, 2.45) is 0 Å². The fourth-order valence-electron chi connectivity index (χ4n) is 2.67. The highest BCUT2D eigenvalue weighted by atomic mass is 32.2. The number of benzene rings is 1. The third-order valence-electron chi connectivity index (χ3n) is 4.21. The molecule has 0 bridgehead atoms. The van der Waals surface area contributed by atoms with E-state index in [1.54, 1.807) is 6.07 Å². The van der Waals surface area contributed by atoms with Crippen LogP contribution in [0.3, 0.4) is 0 Å². The van der Waals surface area contributed by atoms with Crippen molar-refractivity contribution in [3.8, 4) is 5.75 Å². The van der Waals surface area contributed by atoms with E-state index in [9.17, 15) is 8.42 Å². The second kappa shape index (κ2) is 11.5. The number of rotatable bonds is 13. The number of hydrogen-bond acceptors (Lipinski definition) is 3. The maximum absolute atomic E-state index is 11.2. The smallest absolute Gasteiger partial charge is 0.294 e. The largest absolute Gasteiger partial charge is 0.493 e. The molecule has 1 aromatic rings. The first-order valence-electron chi connectivity index (χ1n) is 9.16. The monoisotopic (exact) mass is 356 g/mol. The van der Waals surface area contributed by atoms with Crippen molar-refractivity contribution < 1.29 is 17.7 Å². The molecule has 5 heteroatoms. The lowest BCUT2D eigenvalue weighted by atomic mass is 10.1. The molecule has 0 unspecified atom stereocenters. The molecule has 0 atom stereocenters. The molecule has 0 saturated heterocycles. The van der Waals surface area contributed by atoms with E-state index >= 15 is 0 Å². The van der Waals surface area contributed by atoms with E-state index in [2.05, 4.69) is 6.92 Å². The van der Waals surface area contributed by atoms with Gasteiger partial charge in [-0.1, -0.05) is 70.8 Å². The summed E-state index contributed by atoms with van der Waals surface area (Å²) in [4.78, 5) is -0.119. The zero-order chi connectivity index (χ0) is 17.8. The Morgan fingerprint density at radius 1 is 0.917 bits per heavy atom. The Bertz CT molecular complexity index is 567. The van der Waals surface area contributed by atoms with E-state index in [-0.39, 0.29) is 4.90 Å². The average Bonchev–Trinajstić information content (AvgIpc) is 2.53. The minimum atomic E-state index is -4.18. The number of ether oxygens (including phenoxy) is 1. The summed E-state index contributed by atoms with van der Waals surface area (Å²) in [5.74, 6) is 0.529. The van der Waals surface area contributed by atoms with Gasteiger partial charge in [-0.15, -0.1) is 0 Å². The molecule has 0 amide bonds. The van der Waals surface area contributed by atoms with Gasteiger partial charge in [0.15, 0.2) is 0 Å². The van der Waals surface area contributed by atoms with E-state index in [0.717, 1.165) is 18.4 Å². The Kier molecular flexibility index (Phi) is 10.0. The summed E-state index contributed by atoms with van der Waals surface area (Å²) in [6.07, 6.45) is 12.6. The molecule has 4 nitrogen and oxygen atoms in total. The van der Waals surface area contributed by atoms with Gasteiger partial charge < -0.3 is 4.74 Å². The summed E-state index contributed by atoms with van der Waals surface area (Å²) in [6.45, 7) is 4.68. The van der Waals surface area contributed by atoms with E-state index in [4.69, 9.17) is 9.29 Å². The standard InChI is InChI=1S/C19H32O4S/c1-3-4-5-6-7-8-9-10-11-12-15-23-19-16-18(24(20,21)22)14-13-17(19)2/h13-14,16H,3-12,15H2,1-2H3,(H,20,21,22). The van der Waals surface area contributed by atoms with E-state index < -0.39 is 10.1 Å². The average molecular weight is 357 g/mol. The summed E-state index contributed by atoms with van der Waals surface area (Å²) in [5.41, 5.74) is 0.870. The van der Waals surface area contributed by atoms with Gasteiger partial charge in [0, 0.05) is 6.07 Å². The first-order chi connectivity index (χ1) is 11.4. The van der Waals surface area contributed by atoms with Crippen LogP contribution in [0.2, 0.25) is 0 Å². The Balaban J connectivity index is 2.15. The molecule has 0 radical (unpaired) electrons. The lowest BCUT2D eigenvalue weighted by Crippen LogP contribution is -2.02. The molecule has 0 aliphatic carbocycles. The number of aryl methyl sites for hydroxylation is 1.